The molecule has 0 unspecified atom stereocenters. The monoisotopic (exact) mass is 333 g/mol. The van der Waals surface area contributed by atoms with E-state index in [0.29, 0.717) is 6.04 Å². The van der Waals surface area contributed by atoms with Gasteiger partial charge in [-0.2, -0.15) is 0 Å². The number of carboxylic acid groups (broad SMARTS) is 1. The SMILES string of the molecule is C[C@H]([NH3+])c1ccccc1.O=C([O-])C(c1ccccc1)c1ccccc1. The Labute approximate surface area is 148 Å². The molecule has 25 heavy (non-hydrogen) atoms. The van der Waals surface area contributed by atoms with Gasteiger partial charge in [0.05, 0.1) is 5.97 Å². The highest BCUT2D eigenvalue weighted by molar-refractivity contribution is 5.78. The fourth-order valence-electron chi connectivity index (χ4n) is 2.54. The third-order valence-corrected chi connectivity index (χ3v) is 3.87. The van der Waals surface area contributed by atoms with Crippen molar-refractivity contribution in [1.29, 1.82) is 0 Å². The Morgan fingerprint density at radius 2 is 1.04 bits per heavy atom. The molecule has 3 aromatic carbocycles. The molecule has 0 aliphatic carbocycles. The molecule has 3 rings (SSSR count). The van der Waals surface area contributed by atoms with Crippen molar-refractivity contribution in [2.45, 2.75) is 18.9 Å². The molecule has 0 saturated heterocycles. The van der Waals surface area contributed by atoms with E-state index in [-0.39, 0.29) is 0 Å². The Hall–Kier alpha value is -2.91. The zero-order valence-electron chi connectivity index (χ0n) is 14.3. The van der Waals surface area contributed by atoms with Gasteiger partial charge in [0.2, 0.25) is 0 Å². The molecule has 3 nitrogen and oxygen atoms in total. The number of aliphatic carboxylic acids is 1. The Morgan fingerprint density at radius 1 is 0.720 bits per heavy atom. The molecule has 0 aromatic heterocycles. The third kappa shape index (κ3) is 5.59. The molecule has 3 heteroatoms. The van der Waals surface area contributed by atoms with E-state index in [0.717, 1.165) is 11.1 Å². The van der Waals surface area contributed by atoms with Gasteiger partial charge in [-0.05, 0) is 18.1 Å². The summed E-state index contributed by atoms with van der Waals surface area (Å²) in [6, 6.07) is 28.9. The minimum absolute atomic E-state index is 0.409. The Kier molecular flexibility index (Phi) is 6.93. The van der Waals surface area contributed by atoms with Crippen molar-refractivity contribution >= 4 is 5.97 Å². The fourth-order valence-corrected chi connectivity index (χ4v) is 2.54. The van der Waals surface area contributed by atoms with Gasteiger partial charge in [0.1, 0.15) is 6.04 Å². The van der Waals surface area contributed by atoms with Crippen molar-refractivity contribution in [3.63, 3.8) is 0 Å². The second-order valence-corrected chi connectivity index (χ2v) is 5.89. The number of quaternary nitrogens is 1. The molecule has 0 spiro atoms. The molecule has 0 fully saturated rings. The summed E-state index contributed by atoms with van der Waals surface area (Å²) in [5.74, 6) is -1.76. The Bertz CT molecular complexity index is 716. The zero-order chi connectivity index (χ0) is 18.1. The third-order valence-electron chi connectivity index (χ3n) is 3.87. The van der Waals surface area contributed by atoms with E-state index in [1.807, 2.05) is 54.6 Å². The molecule has 0 aliphatic rings. The largest absolute Gasteiger partial charge is 0.549 e. The molecule has 1 atom stereocenters. The van der Waals surface area contributed by atoms with Gasteiger partial charge in [0.15, 0.2) is 0 Å². The quantitative estimate of drug-likeness (QED) is 0.797. The van der Waals surface area contributed by atoms with E-state index >= 15 is 0 Å². The molecule has 0 amide bonds. The van der Waals surface area contributed by atoms with E-state index in [9.17, 15) is 9.90 Å². The number of carbonyl (C=O) groups excluding carboxylic acids is 1. The van der Waals surface area contributed by atoms with Crippen molar-refractivity contribution in [1.82, 2.24) is 0 Å². The lowest BCUT2D eigenvalue weighted by Gasteiger charge is -2.18. The molecule has 0 saturated carbocycles. The minimum Gasteiger partial charge on any atom is -0.549 e. The van der Waals surface area contributed by atoms with Crippen molar-refractivity contribution in [3.05, 3.63) is 108 Å². The average molecular weight is 333 g/mol. The summed E-state index contributed by atoms with van der Waals surface area (Å²) in [7, 11) is 0. The van der Waals surface area contributed by atoms with E-state index in [2.05, 4.69) is 24.8 Å². The van der Waals surface area contributed by atoms with Crippen LogP contribution in [-0.2, 0) is 4.79 Å². The van der Waals surface area contributed by atoms with E-state index in [1.54, 1.807) is 24.3 Å². The Balaban J connectivity index is 0.000000212. The van der Waals surface area contributed by atoms with Crippen LogP contribution in [0.25, 0.3) is 0 Å². The van der Waals surface area contributed by atoms with Crippen LogP contribution in [0.5, 0.6) is 0 Å². The fraction of sp³-hybridized carbons (Fsp3) is 0.136. The number of benzene rings is 3. The number of hydrogen-bond donors (Lipinski definition) is 1. The van der Waals surface area contributed by atoms with Gasteiger partial charge in [-0.25, -0.2) is 0 Å². The molecule has 3 N–H and O–H groups in total. The molecule has 0 bridgehead atoms. The molecular formula is C22H23NO2. The van der Waals surface area contributed by atoms with Crippen molar-refractivity contribution in [2.24, 2.45) is 0 Å². The first-order chi connectivity index (χ1) is 12.1. The first-order valence-corrected chi connectivity index (χ1v) is 8.28. The predicted molar refractivity (Wildman–Crippen MR) is 97.5 cm³/mol. The van der Waals surface area contributed by atoms with Gasteiger partial charge < -0.3 is 15.6 Å². The molecule has 128 valence electrons. The summed E-state index contributed by atoms with van der Waals surface area (Å²) in [6.07, 6.45) is 0. The highest BCUT2D eigenvalue weighted by Gasteiger charge is 2.14. The van der Waals surface area contributed by atoms with Crippen LogP contribution in [0.1, 0.15) is 35.6 Å². The standard InChI is InChI=1S/C14H12O2.C8H11N/c15-14(16)13(11-7-3-1-4-8-11)12-9-5-2-6-10-12;1-7(9)8-5-3-2-4-6-8/h1-10,13H,(H,15,16);2-7H,9H2,1H3/t;7-/m.0/s1. The Morgan fingerprint density at radius 3 is 1.28 bits per heavy atom. The summed E-state index contributed by atoms with van der Waals surface area (Å²) < 4.78 is 0. The van der Waals surface area contributed by atoms with Crippen LogP contribution in [0, 0.1) is 0 Å². The summed E-state index contributed by atoms with van der Waals surface area (Å²) in [5.41, 5.74) is 6.70. The maximum atomic E-state index is 11.2. The van der Waals surface area contributed by atoms with Gasteiger partial charge in [-0.1, -0.05) is 91.0 Å². The molecule has 0 radical (unpaired) electrons. The molecule has 0 heterocycles. The van der Waals surface area contributed by atoms with Crippen molar-refractivity contribution in [2.75, 3.05) is 0 Å². The van der Waals surface area contributed by atoms with Crippen molar-refractivity contribution < 1.29 is 15.6 Å². The lowest BCUT2D eigenvalue weighted by Crippen LogP contribution is -2.51. The van der Waals surface area contributed by atoms with Crippen LogP contribution in [-0.4, -0.2) is 5.97 Å². The summed E-state index contributed by atoms with van der Waals surface area (Å²) in [4.78, 5) is 11.2. The van der Waals surface area contributed by atoms with Crippen LogP contribution in [0.3, 0.4) is 0 Å². The zero-order valence-corrected chi connectivity index (χ0v) is 14.3. The summed E-state index contributed by atoms with van der Waals surface area (Å²) in [5, 5.41) is 11.2. The first-order valence-electron chi connectivity index (χ1n) is 8.28. The molecular weight excluding hydrogens is 310 g/mol. The second kappa shape index (κ2) is 9.40. The topological polar surface area (TPSA) is 67.8 Å². The lowest BCUT2D eigenvalue weighted by molar-refractivity contribution is -0.420. The number of hydrogen-bond acceptors (Lipinski definition) is 2. The summed E-state index contributed by atoms with van der Waals surface area (Å²) >= 11 is 0. The number of rotatable bonds is 4. The van der Waals surface area contributed by atoms with Crippen LogP contribution in [0.4, 0.5) is 0 Å². The minimum atomic E-state index is -1.07. The van der Waals surface area contributed by atoms with Crippen LogP contribution in [0.2, 0.25) is 0 Å². The number of carboxylic acids is 1. The summed E-state index contributed by atoms with van der Waals surface area (Å²) in [6.45, 7) is 2.09. The highest BCUT2D eigenvalue weighted by Crippen LogP contribution is 2.23. The predicted octanol–water partition coefficient (Wildman–Crippen LogP) is 2.56. The van der Waals surface area contributed by atoms with Gasteiger partial charge in [0.25, 0.3) is 0 Å². The van der Waals surface area contributed by atoms with Crippen LogP contribution < -0.4 is 10.8 Å². The van der Waals surface area contributed by atoms with Crippen molar-refractivity contribution in [3.8, 4) is 0 Å². The maximum Gasteiger partial charge on any atom is 0.107 e. The highest BCUT2D eigenvalue weighted by atomic mass is 16.4. The normalized spacial score (nSPS) is 11.3. The smallest absolute Gasteiger partial charge is 0.107 e. The molecule has 0 aliphatic heterocycles. The van der Waals surface area contributed by atoms with Crippen LogP contribution >= 0.6 is 0 Å². The van der Waals surface area contributed by atoms with Gasteiger partial charge in [0, 0.05) is 11.5 Å². The average Bonchev–Trinajstić information content (AvgIpc) is 2.65. The van der Waals surface area contributed by atoms with Gasteiger partial charge >= 0.3 is 0 Å². The van der Waals surface area contributed by atoms with Gasteiger partial charge in [-0.3, -0.25) is 0 Å². The molecule has 3 aromatic rings. The van der Waals surface area contributed by atoms with E-state index < -0.39 is 11.9 Å². The van der Waals surface area contributed by atoms with Crippen LogP contribution in [0.15, 0.2) is 91.0 Å². The maximum absolute atomic E-state index is 11.2. The first kappa shape index (κ1) is 18.4. The number of carbonyl (C=O) groups is 1. The second-order valence-electron chi connectivity index (χ2n) is 5.89. The lowest BCUT2D eigenvalue weighted by atomic mass is 9.92. The van der Waals surface area contributed by atoms with Gasteiger partial charge in [-0.15, -0.1) is 0 Å². The van der Waals surface area contributed by atoms with E-state index in [1.165, 1.54) is 5.56 Å². The van der Waals surface area contributed by atoms with E-state index in [4.69, 9.17) is 0 Å².